The van der Waals surface area contributed by atoms with E-state index in [0.29, 0.717) is 30.9 Å². The summed E-state index contributed by atoms with van der Waals surface area (Å²) in [6.07, 6.45) is 5.14. The third kappa shape index (κ3) is 5.95. The number of unbranched alkanes of at least 4 members (excludes halogenated alkanes) is 1. The van der Waals surface area contributed by atoms with E-state index < -0.39 is 21.9 Å². The first kappa shape index (κ1) is 17.9. The van der Waals surface area contributed by atoms with Crippen molar-refractivity contribution in [2.24, 2.45) is 5.92 Å². The minimum absolute atomic E-state index is 0.0512. The Morgan fingerprint density at radius 1 is 1.48 bits per heavy atom. The predicted octanol–water partition coefficient (Wildman–Crippen LogP) is 3.56. The molecule has 1 aromatic carbocycles. The zero-order valence-corrected chi connectivity index (χ0v) is 14.2. The van der Waals surface area contributed by atoms with Crippen molar-refractivity contribution in [2.75, 3.05) is 12.4 Å². The summed E-state index contributed by atoms with van der Waals surface area (Å²) in [6, 6.07) is 4.04. The molecule has 6 heteroatoms. The summed E-state index contributed by atoms with van der Waals surface area (Å²) in [4.78, 5) is 0. The number of nitrogens with one attached hydrogen (secondary N) is 1. The summed E-state index contributed by atoms with van der Waals surface area (Å²) in [5.74, 6) is 0.344. The van der Waals surface area contributed by atoms with Gasteiger partial charge in [0.15, 0.2) is 11.6 Å². The average molecular weight is 341 g/mol. The Morgan fingerprint density at radius 3 is 2.87 bits per heavy atom. The van der Waals surface area contributed by atoms with E-state index in [1.807, 2.05) is 0 Å². The minimum atomic E-state index is -3.37. The van der Waals surface area contributed by atoms with Crippen molar-refractivity contribution in [3.05, 3.63) is 42.2 Å². The van der Waals surface area contributed by atoms with Gasteiger partial charge in [-0.15, -0.1) is 6.58 Å². The van der Waals surface area contributed by atoms with Crippen LogP contribution in [0.3, 0.4) is 0 Å². The van der Waals surface area contributed by atoms with Crippen molar-refractivity contribution >= 4 is 10.0 Å². The van der Waals surface area contributed by atoms with Gasteiger partial charge in [-0.2, -0.15) is 0 Å². The summed E-state index contributed by atoms with van der Waals surface area (Å²) in [7, 11) is -3.37. The number of rotatable bonds is 10. The highest BCUT2D eigenvalue weighted by molar-refractivity contribution is 7.89. The van der Waals surface area contributed by atoms with Crippen LogP contribution in [-0.4, -0.2) is 20.8 Å². The highest BCUT2D eigenvalue weighted by atomic mass is 32.2. The van der Waals surface area contributed by atoms with Crippen LogP contribution in [0.5, 0.6) is 5.75 Å². The molecule has 2 rings (SSSR count). The van der Waals surface area contributed by atoms with E-state index in [4.69, 9.17) is 4.74 Å². The molecule has 0 unspecified atom stereocenters. The summed E-state index contributed by atoms with van der Waals surface area (Å²) in [5.41, 5.74) is 0.685. The van der Waals surface area contributed by atoms with Gasteiger partial charge in [-0.1, -0.05) is 12.1 Å². The van der Waals surface area contributed by atoms with Gasteiger partial charge in [0, 0.05) is 6.04 Å². The normalized spacial score (nSPS) is 16.1. The van der Waals surface area contributed by atoms with Gasteiger partial charge in [-0.3, -0.25) is 0 Å². The second-order valence-corrected chi connectivity index (χ2v) is 7.91. The molecule has 0 aliphatic heterocycles. The molecular formula is C17H24FNO3S. The van der Waals surface area contributed by atoms with E-state index in [2.05, 4.69) is 11.3 Å². The molecule has 1 aliphatic carbocycles. The lowest BCUT2D eigenvalue weighted by atomic mass is 10.1. The van der Waals surface area contributed by atoms with E-state index in [1.165, 1.54) is 6.07 Å². The minimum Gasteiger partial charge on any atom is -0.490 e. The fourth-order valence-corrected chi connectivity index (χ4v) is 3.55. The van der Waals surface area contributed by atoms with Crippen molar-refractivity contribution < 1.29 is 17.5 Å². The quantitative estimate of drug-likeness (QED) is 0.523. The number of sulfonamides is 1. The molecule has 1 saturated carbocycles. The van der Waals surface area contributed by atoms with Crippen LogP contribution in [0.1, 0.15) is 44.2 Å². The Kier molecular flexibility index (Phi) is 6.18. The maximum Gasteiger partial charge on any atom is 0.212 e. The van der Waals surface area contributed by atoms with Gasteiger partial charge in [-0.25, -0.2) is 17.5 Å². The van der Waals surface area contributed by atoms with Gasteiger partial charge in [-0.05, 0) is 56.2 Å². The highest BCUT2D eigenvalue weighted by Gasteiger charge is 2.23. The van der Waals surface area contributed by atoms with Crippen LogP contribution in [0.25, 0.3) is 0 Å². The molecule has 0 amide bonds. The lowest BCUT2D eigenvalue weighted by molar-refractivity contribution is 0.285. The Hall–Kier alpha value is -1.40. The van der Waals surface area contributed by atoms with Gasteiger partial charge in [0.05, 0.1) is 12.4 Å². The molecule has 23 heavy (non-hydrogen) atoms. The molecule has 0 radical (unpaired) electrons. The van der Waals surface area contributed by atoms with Crippen molar-refractivity contribution in [1.82, 2.24) is 4.72 Å². The molecular weight excluding hydrogens is 317 g/mol. The van der Waals surface area contributed by atoms with Gasteiger partial charge in [0.25, 0.3) is 0 Å². The fraction of sp³-hybridized carbons (Fsp3) is 0.529. The van der Waals surface area contributed by atoms with E-state index in [0.717, 1.165) is 12.8 Å². The number of benzene rings is 1. The lowest BCUT2D eigenvalue weighted by Crippen LogP contribution is -2.29. The van der Waals surface area contributed by atoms with Crippen molar-refractivity contribution in [3.63, 3.8) is 0 Å². The summed E-state index contributed by atoms with van der Waals surface area (Å²) >= 11 is 0. The second-order valence-electron chi connectivity index (χ2n) is 6.03. The average Bonchev–Trinajstić information content (AvgIpc) is 3.30. The molecule has 1 aliphatic rings. The van der Waals surface area contributed by atoms with E-state index >= 15 is 0 Å². The van der Waals surface area contributed by atoms with Crippen LogP contribution in [0.4, 0.5) is 4.39 Å². The first-order valence-corrected chi connectivity index (χ1v) is 9.59. The van der Waals surface area contributed by atoms with Gasteiger partial charge in [0.1, 0.15) is 0 Å². The lowest BCUT2D eigenvalue weighted by Gasteiger charge is -2.16. The second kappa shape index (κ2) is 7.93. The third-order valence-corrected chi connectivity index (χ3v) is 5.34. The van der Waals surface area contributed by atoms with E-state index in [-0.39, 0.29) is 11.5 Å². The molecule has 1 fully saturated rings. The topological polar surface area (TPSA) is 55.4 Å². The zero-order valence-electron chi connectivity index (χ0n) is 13.4. The number of ether oxygens (including phenoxy) is 1. The highest BCUT2D eigenvalue weighted by Crippen LogP contribution is 2.31. The number of hydrogen-bond donors (Lipinski definition) is 1. The summed E-state index contributed by atoms with van der Waals surface area (Å²) in [6.45, 7) is 5.83. The van der Waals surface area contributed by atoms with Crippen molar-refractivity contribution in [3.8, 4) is 5.75 Å². The molecule has 0 saturated heterocycles. The first-order valence-electron chi connectivity index (χ1n) is 7.94. The molecule has 1 atom stereocenters. The SMILES string of the molecule is C=CCCCS(=O)(=O)N[C@H](C)c1ccc(F)c(OCC2CC2)c1. The maximum absolute atomic E-state index is 13.8. The van der Waals surface area contributed by atoms with Gasteiger partial charge >= 0.3 is 0 Å². The van der Waals surface area contributed by atoms with Gasteiger partial charge < -0.3 is 4.74 Å². The third-order valence-electron chi connectivity index (χ3n) is 3.80. The maximum atomic E-state index is 13.8. The van der Waals surface area contributed by atoms with Crippen LogP contribution in [0.15, 0.2) is 30.9 Å². The smallest absolute Gasteiger partial charge is 0.212 e. The van der Waals surface area contributed by atoms with Crippen molar-refractivity contribution in [2.45, 2.75) is 38.6 Å². The number of halogens is 1. The number of hydrogen-bond acceptors (Lipinski definition) is 3. The van der Waals surface area contributed by atoms with E-state index in [9.17, 15) is 12.8 Å². The molecule has 128 valence electrons. The van der Waals surface area contributed by atoms with Crippen LogP contribution in [0.2, 0.25) is 0 Å². The van der Waals surface area contributed by atoms with Crippen LogP contribution in [-0.2, 0) is 10.0 Å². The molecule has 4 nitrogen and oxygen atoms in total. The molecule has 1 N–H and O–H groups in total. The van der Waals surface area contributed by atoms with Gasteiger partial charge in [0.2, 0.25) is 10.0 Å². The molecule has 0 bridgehead atoms. The Bertz CT molecular complexity index is 641. The first-order chi connectivity index (χ1) is 10.9. The molecule has 0 heterocycles. The van der Waals surface area contributed by atoms with Crippen LogP contribution < -0.4 is 9.46 Å². The Balaban J connectivity index is 1.98. The van der Waals surface area contributed by atoms with Crippen LogP contribution in [0, 0.1) is 11.7 Å². The van der Waals surface area contributed by atoms with Crippen molar-refractivity contribution in [1.29, 1.82) is 0 Å². The monoisotopic (exact) mass is 341 g/mol. The molecule has 0 aromatic heterocycles. The Labute approximate surface area is 137 Å². The largest absolute Gasteiger partial charge is 0.490 e. The summed E-state index contributed by atoms with van der Waals surface area (Å²) < 4.78 is 45.9. The Morgan fingerprint density at radius 2 is 2.22 bits per heavy atom. The summed E-state index contributed by atoms with van der Waals surface area (Å²) in [5, 5.41) is 0. The molecule has 1 aromatic rings. The van der Waals surface area contributed by atoms with E-state index in [1.54, 1.807) is 25.1 Å². The standard InChI is InChI=1S/C17H24FNO3S/c1-3-4-5-10-23(20,21)19-13(2)15-8-9-16(18)17(11-15)22-12-14-6-7-14/h3,8-9,11,13-14,19H,1,4-7,10,12H2,2H3/t13-/m1/s1. The zero-order chi connectivity index (χ0) is 16.9. The molecule has 0 spiro atoms. The fourth-order valence-electron chi connectivity index (χ4n) is 2.21. The predicted molar refractivity (Wildman–Crippen MR) is 89.4 cm³/mol. The van der Waals surface area contributed by atoms with Crippen LogP contribution >= 0.6 is 0 Å². The number of allylic oxidation sites excluding steroid dienone is 1.